The number of rotatable bonds is 4. The maximum absolute atomic E-state index is 11.9. The van der Waals surface area contributed by atoms with Crippen LogP contribution in [0.5, 0.6) is 0 Å². The first-order valence-electron chi connectivity index (χ1n) is 5.23. The van der Waals surface area contributed by atoms with E-state index < -0.39 is 5.97 Å². The van der Waals surface area contributed by atoms with Crippen molar-refractivity contribution >= 4 is 51.5 Å². The molecule has 0 bridgehead atoms. The van der Waals surface area contributed by atoms with Crippen molar-refractivity contribution in [2.24, 2.45) is 0 Å². The molecule has 0 saturated carbocycles. The molecule has 0 fully saturated rings. The smallest absolute Gasteiger partial charge is 0.327 e. The highest BCUT2D eigenvalue weighted by Gasteiger charge is 2.10. The van der Waals surface area contributed by atoms with Crippen molar-refractivity contribution in [3.63, 3.8) is 0 Å². The molecule has 8 heteroatoms. The fourth-order valence-corrected chi connectivity index (χ4v) is 2.67. The summed E-state index contributed by atoms with van der Waals surface area (Å²) in [4.78, 5) is 22.9. The van der Waals surface area contributed by atoms with Gasteiger partial charge in [-0.25, -0.2) is 0 Å². The minimum atomic E-state index is -0.395. The van der Waals surface area contributed by atoms with E-state index in [1.807, 2.05) is 0 Å². The summed E-state index contributed by atoms with van der Waals surface area (Å²) in [5, 5.41) is 8.46. The summed E-state index contributed by atoms with van der Waals surface area (Å²) >= 11 is 3.66. The third kappa shape index (κ3) is 3.77. The largest absolute Gasteiger partial charge is 0.468 e. The molecule has 0 unspecified atom stereocenters. The van der Waals surface area contributed by atoms with E-state index in [4.69, 9.17) is 0 Å². The maximum Gasteiger partial charge on any atom is 0.327 e. The highest BCUT2D eigenvalue weighted by atomic mass is 127. The molecule has 6 nitrogen and oxygen atoms in total. The van der Waals surface area contributed by atoms with Crippen molar-refractivity contribution in [2.45, 2.75) is 6.54 Å². The lowest BCUT2D eigenvalue weighted by atomic mass is 10.3. The van der Waals surface area contributed by atoms with Gasteiger partial charge >= 0.3 is 5.97 Å². The lowest BCUT2D eigenvalue weighted by Crippen LogP contribution is -2.12. The number of amides is 1. The molecule has 0 aliphatic carbocycles. The maximum atomic E-state index is 11.9. The van der Waals surface area contributed by atoms with Crippen LogP contribution in [0, 0.1) is 2.88 Å². The van der Waals surface area contributed by atoms with Gasteiger partial charge in [0.25, 0.3) is 5.91 Å². The predicted octanol–water partition coefficient (Wildman–Crippen LogP) is 1.97. The number of hydrogen-bond donors (Lipinski definition) is 1. The molecule has 0 atom stereocenters. The molecule has 0 radical (unpaired) electrons. The lowest BCUT2D eigenvalue weighted by Gasteiger charge is -2.00. The number of methoxy groups -OCH3 is 1. The van der Waals surface area contributed by atoms with Crippen LogP contribution in [0.15, 0.2) is 23.8 Å². The second kappa shape index (κ2) is 6.15. The Morgan fingerprint density at radius 1 is 1.58 bits per heavy atom. The summed E-state index contributed by atoms with van der Waals surface area (Å²) in [6, 6.07) is 1.80. The molecule has 0 aliphatic rings. The van der Waals surface area contributed by atoms with E-state index in [0.29, 0.717) is 11.3 Å². The number of halogens is 1. The van der Waals surface area contributed by atoms with Gasteiger partial charge < -0.3 is 10.1 Å². The molecule has 0 saturated heterocycles. The van der Waals surface area contributed by atoms with Crippen molar-refractivity contribution in [1.82, 2.24) is 9.78 Å². The first-order chi connectivity index (χ1) is 9.08. The van der Waals surface area contributed by atoms with E-state index in [-0.39, 0.29) is 12.5 Å². The van der Waals surface area contributed by atoms with Gasteiger partial charge in [-0.1, -0.05) is 0 Å². The van der Waals surface area contributed by atoms with Crippen LogP contribution in [0.1, 0.15) is 10.4 Å². The van der Waals surface area contributed by atoms with Crippen molar-refractivity contribution in [3.8, 4) is 0 Å². The van der Waals surface area contributed by atoms with Crippen LogP contribution >= 0.6 is 33.9 Å². The Labute approximate surface area is 126 Å². The summed E-state index contributed by atoms with van der Waals surface area (Å²) < 4.78 is 6.98. The number of hydrogen-bond acceptors (Lipinski definition) is 5. The van der Waals surface area contributed by atoms with Crippen LogP contribution in [0.4, 0.5) is 5.69 Å². The molecule has 2 rings (SSSR count). The van der Waals surface area contributed by atoms with Crippen LogP contribution < -0.4 is 5.32 Å². The van der Waals surface area contributed by atoms with E-state index in [9.17, 15) is 9.59 Å². The number of aromatic nitrogens is 2. The molecule has 1 amide bonds. The number of thiophene rings is 1. The SMILES string of the molecule is COC(=O)Cn1cc(NC(=O)c2csc(I)c2)cn1. The molecular weight excluding hydrogens is 381 g/mol. The Morgan fingerprint density at radius 2 is 2.37 bits per heavy atom. The zero-order chi connectivity index (χ0) is 13.8. The van der Waals surface area contributed by atoms with Gasteiger partial charge in [-0.05, 0) is 28.7 Å². The van der Waals surface area contributed by atoms with E-state index in [2.05, 4.69) is 37.7 Å². The number of carbonyl (C=O) groups excluding carboxylic acids is 2. The molecule has 0 spiro atoms. The first-order valence-corrected chi connectivity index (χ1v) is 7.19. The quantitative estimate of drug-likeness (QED) is 0.639. The molecule has 2 aromatic heterocycles. The molecule has 1 N–H and O–H groups in total. The normalized spacial score (nSPS) is 10.2. The first kappa shape index (κ1) is 14.0. The molecule has 0 aromatic carbocycles. The van der Waals surface area contributed by atoms with E-state index >= 15 is 0 Å². The third-order valence-corrected chi connectivity index (χ3v) is 4.03. The van der Waals surface area contributed by atoms with Gasteiger partial charge in [0.15, 0.2) is 0 Å². The van der Waals surface area contributed by atoms with Gasteiger partial charge in [0.2, 0.25) is 0 Å². The number of anilines is 1. The molecule has 19 heavy (non-hydrogen) atoms. The summed E-state index contributed by atoms with van der Waals surface area (Å²) in [6.07, 6.45) is 3.06. The Morgan fingerprint density at radius 3 is 3.00 bits per heavy atom. The van der Waals surface area contributed by atoms with Gasteiger partial charge in [0.1, 0.15) is 6.54 Å². The monoisotopic (exact) mass is 391 g/mol. The fraction of sp³-hybridized carbons (Fsp3) is 0.182. The Bertz CT molecular complexity index is 608. The molecule has 100 valence electrons. The van der Waals surface area contributed by atoms with Crippen molar-refractivity contribution in [1.29, 1.82) is 0 Å². The molecule has 0 aliphatic heterocycles. The zero-order valence-electron chi connectivity index (χ0n) is 9.92. The van der Waals surface area contributed by atoms with E-state index in [0.717, 1.165) is 2.88 Å². The second-order valence-electron chi connectivity index (χ2n) is 3.60. The summed E-state index contributed by atoms with van der Waals surface area (Å²) in [7, 11) is 1.31. The average Bonchev–Trinajstić information content (AvgIpc) is 2.98. The predicted molar refractivity (Wildman–Crippen MR) is 79.2 cm³/mol. The van der Waals surface area contributed by atoms with Crippen molar-refractivity contribution < 1.29 is 14.3 Å². The Balaban J connectivity index is 2.00. The number of carbonyl (C=O) groups is 2. The van der Waals surface area contributed by atoms with Gasteiger partial charge in [-0.2, -0.15) is 5.10 Å². The average molecular weight is 391 g/mol. The second-order valence-corrected chi connectivity index (χ2v) is 6.40. The summed E-state index contributed by atoms with van der Waals surface area (Å²) in [6.45, 7) is 0.0166. The molecular formula is C11H10IN3O3S. The summed E-state index contributed by atoms with van der Waals surface area (Å²) in [5.74, 6) is -0.592. The van der Waals surface area contributed by atoms with Gasteiger partial charge in [-0.15, -0.1) is 11.3 Å². The van der Waals surface area contributed by atoms with Crippen LogP contribution in [0.25, 0.3) is 0 Å². The van der Waals surface area contributed by atoms with Crippen LogP contribution in [-0.2, 0) is 16.1 Å². The van der Waals surface area contributed by atoms with Crippen molar-refractivity contribution in [3.05, 3.63) is 32.3 Å². The summed E-state index contributed by atoms with van der Waals surface area (Å²) in [5.41, 5.74) is 1.14. The molecule has 2 heterocycles. The Hall–Kier alpha value is -1.42. The molecule has 2 aromatic rings. The fourth-order valence-electron chi connectivity index (χ4n) is 1.34. The highest BCUT2D eigenvalue weighted by Crippen LogP contribution is 2.17. The standard InChI is InChI=1S/C11H10IN3O3S/c1-18-10(16)5-15-4-8(3-13-15)14-11(17)7-2-9(12)19-6-7/h2-4,6H,5H2,1H3,(H,14,17). The number of esters is 1. The lowest BCUT2D eigenvalue weighted by molar-refractivity contribution is -0.141. The third-order valence-electron chi connectivity index (χ3n) is 2.24. The van der Waals surface area contributed by atoms with Gasteiger partial charge in [-0.3, -0.25) is 14.3 Å². The number of ether oxygens (including phenoxy) is 1. The van der Waals surface area contributed by atoms with Gasteiger partial charge in [0, 0.05) is 11.6 Å². The van der Waals surface area contributed by atoms with Crippen LogP contribution in [-0.4, -0.2) is 28.8 Å². The zero-order valence-corrected chi connectivity index (χ0v) is 12.9. The topological polar surface area (TPSA) is 73.2 Å². The minimum Gasteiger partial charge on any atom is -0.468 e. The minimum absolute atomic E-state index is 0.0166. The highest BCUT2D eigenvalue weighted by molar-refractivity contribution is 14.1. The van der Waals surface area contributed by atoms with Crippen LogP contribution in [0.3, 0.4) is 0 Å². The van der Waals surface area contributed by atoms with E-state index in [1.54, 1.807) is 17.6 Å². The van der Waals surface area contributed by atoms with Gasteiger partial charge in [0.05, 0.1) is 27.4 Å². The number of nitrogens with one attached hydrogen (secondary N) is 1. The van der Waals surface area contributed by atoms with E-state index in [1.165, 1.54) is 29.3 Å². The van der Waals surface area contributed by atoms with Crippen molar-refractivity contribution in [2.75, 3.05) is 12.4 Å². The Kier molecular flexibility index (Phi) is 4.53. The van der Waals surface area contributed by atoms with Crippen LogP contribution in [0.2, 0.25) is 0 Å². The number of nitrogens with zero attached hydrogens (tertiary/aromatic N) is 2.